The van der Waals surface area contributed by atoms with E-state index in [9.17, 15) is 18.0 Å². The van der Waals surface area contributed by atoms with Crippen LogP contribution in [0.3, 0.4) is 0 Å². The normalized spacial score (nSPS) is 11.2. The number of carbonyl (C=O) groups is 2. The summed E-state index contributed by atoms with van der Waals surface area (Å²) < 4.78 is 42.9. The third-order valence-electron chi connectivity index (χ3n) is 5.69. The number of hydrogen-bond acceptors (Lipinski definition) is 8. The summed E-state index contributed by atoms with van der Waals surface area (Å²) in [5.74, 6) is -0.252. The van der Waals surface area contributed by atoms with Crippen molar-refractivity contribution < 1.29 is 32.2 Å². The number of nitrogens with zero attached hydrogens (tertiary/aromatic N) is 2. The standard InChI is InChI=1S/C27H29N3O7S/c1-18-9-12-22(13-10-18)38(33,34)30(23-8-6-7-19(2)20(23)3)17-26(31)29-28-16-21-11-14-24(25(15-21)35-4)37-27(32)36-5/h6-16H,17H2,1-5H3,(H,29,31)/b28-16-. The van der Waals surface area contributed by atoms with Gasteiger partial charge in [-0.1, -0.05) is 29.8 Å². The molecule has 0 aromatic heterocycles. The summed E-state index contributed by atoms with van der Waals surface area (Å²) in [6.45, 7) is 5.04. The van der Waals surface area contributed by atoms with Crippen molar-refractivity contribution in [2.75, 3.05) is 25.1 Å². The lowest BCUT2D eigenvalue weighted by Gasteiger charge is -2.26. The van der Waals surface area contributed by atoms with Crippen LogP contribution in [0.15, 0.2) is 70.7 Å². The van der Waals surface area contributed by atoms with Gasteiger partial charge in [0.15, 0.2) is 11.5 Å². The zero-order valence-corrected chi connectivity index (χ0v) is 22.5. The van der Waals surface area contributed by atoms with Crippen LogP contribution >= 0.6 is 0 Å². The summed E-state index contributed by atoms with van der Waals surface area (Å²) in [7, 11) is -1.47. The first-order valence-electron chi connectivity index (χ1n) is 11.5. The highest BCUT2D eigenvalue weighted by molar-refractivity contribution is 7.92. The van der Waals surface area contributed by atoms with Crippen LogP contribution in [-0.2, 0) is 19.6 Å². The zero-order chi connectivity index (χ0) is 27.9. The Labute approximate surface area is 221 Å². The molecule has 0 heterocycles. The van der Waals surface area contributed by atoms with Crippen molar-refractivity contribution in [3.8, 4) is 11.5 Å². The van der Waals surface area contributed by atoms with Gasteiger partial charge in [0.1, 0.15) is 6.54 Å². The van der Waals surface area contributed by atoms with Crippen LogP contribution < -0.4 is 19.2 Å². The van der Waals surface area contributed by atoms with Gasteiger partial charge in [-0.05, 0) is 73.9 Å². The Hall–Kier alpha value is -4.38. The molecule has 0 spiro atoms. The Morgan fingerprint density at radius 1 is 0.974 bits per heavy atom. The van der Waals surface area contributed by atoms with Crippen LogP contribution in [-0.4, -0.2) is 47.5 Å². The molecule has 11 heteroatoms. The van der Waals surface area contributed by atoms with Crippen LogP contribution in [0.5, 0.6) is 11.5 Å². The molecule has 0 aliphatic rings. The van der Waals surface area contributed by atoms with Gasteiger partial charge in [-0.3, -0.25) is 9.10 Å². The maximum atomic E-state index is 13.6. The highest BCUT2D eigenvalue weighted by Gasteiger charge is 2.28. The largest absolute Gasteiger partial charge is 0.513 e. The Bertz CT molecular complexity index is 1450. The summed E-state index contributed by atoms with van der Waals surface area (Å²) in [6.07, 6.45) is 0.449. The van der Waals surface area contributed by atoms with E-state index in [-0.39, 0.29) is 16.4 Å². The smallest absolute Gasteiger partial charge is 0.493 e. The number of carbonyl (C=O) groups excluding carboxylic acids is 2. The monoisotopic (exact) mass is 539 g/mol. The first-order chi connectivity index (χ1) is 18.1. The molecule has 0 saturated heterocycles. The lowest BCUT2D eigenvalue weighted by atomic mass is 10.1. The molecule has 0 atom stereocenters. The lowest BCUT2D eigenvalue weighted by molar-refractivity contribution is -0.119. The Balaban J connectivity index is 1.83. The minimum atomic E-state index is -4.06. The second-order valence-electron chi connectivity index (χ2n) is 8.30. The van der Waals surface area contributed by atoms with Gasteiger partial charge < -0.3 is 14.2 Å². The van der Waals surface area contributed by atoms with Crippen LogP contribution in [0.1, 0.15) is 22.3 Å². The fourth-order valence-electron chi connectivity index (χ4n) is 3.47. The van der Waals surface area contributed by atoms with Gasteiger partial charge in [0.2, 0.25) is 0 Å². The fourth-order valence-corrected chi connectivity index (χ4v) is 4.95. The minimum absolute atomic E-state index is 0.0710. The predicted octanol–water partition coefficient (Wildman–Crippen LogP) is 4.11. The first kappa shape index (κ1) is 28.2. The van der Waals surface area contributed by atoms with E-state index in [0.29, 0.717) is 11.3 Å². The molecule has 0 aliphatic heterocycles. The third kappa shape index (κ3) is 6.68. The van der Waals surface area contributed by atoms with E-state index in [1.165, 1.54) is 44.7 Å². The average molecular weight is 540 g/mol. The van der Waals surface area contributed by atoms with Crippen molar-refractivity contribution in [2.45, 2.75) is 25.7 Å². The van der Waals surface area contributed by atoms with Crippen molar-refractivity contribution in [3.63, 3.8) is 0 Å². The zero-order valence-electron chi connectivity index (χ0n) is 21.7. The Morgan fingerprint density at radius 3 is 2.34 bits per heavy atom. The van der Waals surface area contributed by atoms with Crippen LogP contribution in [0, 0.1) is 20.8 Å². The molecule has 1 amide bonds. The van der Waals surface area contributed by atoms with Crippen LogP contribution in [0.25, 0.3) is 0 Å². The second kappa shape index (κ2) is 12.2. The quantitative estimate of drug-likeness (QED) is 0.188. The molecule has 200 valence electrons. The van der Waals surface area contributed by atoms with Crippen molar-refractivity contribution in [2.24, 2.45) is 5.10 Å². The SMILES string of the molecule is COC(=O)Oc1ccc(/C=N\NC(=O)CN(c2cccc(C)c2C)S(=O)(=O)c2ccc(C)cc2)cc1OC. The van der Waals surface area contributed by atoms with Crippen molar-refractivity contribution in [1.29, 1.82) is 0 Å². The number of hydrogen-bond donors (Lipinski definition) is 1. The number of methoxy groups -OCH3 is 2. The molecular weight excluding hydrogens is 510 g/mol. The summed E-state index contributed by atoms with van der Waals surface area (Å²) in [4.78, 5) is 24.3. The molecule has 1 N–H and O–H groups in total. The van der Waals surface area contributed by atoms with E-state index in [1.54, 1.807) is 37.3 Å². The van der Waals surface area contributed by atoms with Gasteiger partial charge in [-0.25, -0.2) is 18.6 Å². The molecule has 0 fully saturated rings. The fraction of sp³-hybridized carbons (Fsp3) is 0.222. The topological polar surface area (TPSA) is 124 Å². The summed E-state index contributed by atoms with van der Waals surface area (Å²) in [5, 5.41) is 3.94. The van der Waals surface area contributed by atoms with Crippen molar-refractivity contribution in [1.82, 2.24) is 5.43 Å². The highest BCUT2D eigenvalue weighted by atomic mass is 32.2. The highest BCUT2D eigenvalue weighted by Crippen LogP contribution is 2.29. The minimum Gasteiger partial charge on any atom is -0.493 e. The molecule has 0 bridgehead atoms. The molecular formula is C27H29N3O7S. The number of anilines is 1. The summed E-state index contributed by atoms with van der Waals surface area (Å²) >= 11 is 0. The Morgan fingerprint density at radius 2 is 1.68 bits per heavy atom. The molecule has 10 nitrogen and oxygen atoms in total. The van der Waals surface area contributed by atoms with Gasteiger partial charge in [-0.2, -0.15) is 5.10 Å². The number of hydrazone groups is 1. The molecule has 3 rings (SSSR count). The molecule has 3 aromatic rings. The molecule has 0 saturated carbocycles. The van der Waals surface area contributed by atoms with Crippen LogP contribution in [0.4, 0.5) is 10.5 Å². The van der Waals surface area contributed by atoms with E-state index >= 15 is 0 Å². The summed E-state index contributed by atoms with van der Waals surface area (Å²) in [6, 6.07) is 16.3. The second-order valence-corrected chi connectivity index (χ2v) is 10.2. The van der Waals surface area contributed by atoms with Gasteiger partial charge in [0.05, 0.1) is 31.0 Å². The molecule has 38 heavy (non-hydrogen) atoms. The van der Waals surface area contributed by atoms with Crippen LogP contribution in [0.2, 0.25) is 0 Å². The van der Waals surface area contributed by atoms with E-state index in [1.807, 2.05) is 19.9 Å². The molecule has 3 aromatic carbocycles. The summed E-state index contributed by atoms with van der Waals surface area (Å²) in [5.41, 5.74) is 5.83. The van der Waals surface area contributed by atoms with Gasteiger partial charge in [-0.15, -0.1) is 0 Å². The van der Waals surface area contributed by atoms with Gasteiger partial charge in [0, 0.05) is 0 Å². The van der Waals surface area contributed by atoms with Gasteiger partial charge in [0.25, 0.3) is 15.9 Å². The number of aryl methyl sites for hydroxylation is 2. The Kier molecular flexibility index (Phi) is 9.08. The number of ether oxygens (including phenoxy) is 3. The van der Waals surface area contributed by atoms with Crippen molar-refractivity contribution >= 4 is 34.0 Å². The first-order valence-corrected chi connectivity index (χ1v) is 12.9. The third-order valence-corrected chi connectivity index (χ3v) is 7.47. The molecule has 0 radical (unpaired) electrons. The average Bonchev–Trinajstić information content (AvgIpc) is 2.90. The predicted molar refractivity (Wildman–Crippen MR) is 143 cm³/mol. The van der Waals surface area contributed by atoms with E-state index in [0.717, 1.165) is 21.0 Å². The maximum Gasteiger partial charge on any atom is 0.513 e. The van der Waals surface area contributed by atoms with E-state index in [2.05, 4.69) is 15.3 Å². The number of nitrogens with one attached hydrogen (secondary N) is 1. The van der Waals surface area contributed by atoms with E-state index < -0.39 is 28.6 Å². The molecule has 0 unspecified atom stereocenters. The maximum absolute atomic E-state index is 13.6. The number of benzene rings is 3. The lowest BCUT2D eigenvalue weighted by Crippen LogP contribution is -2.40. The molecule has 0 aliphatic carbocycles. The van der Waals surface area contributed by atoms with Crippen molar-refractivity contribution in [3.05, 3.63) is 82.9 Å². The number of sulfonamides is 1. The van der Waals surface area contributed by atoms with Gasteiger partial charge >= 0.3 is 6.16 Å². The van der Waals surface area contributed by atoms with E-state index in [4.69, 9.17) is 9.47 Å². The number of amides is 1. The number of rotatable bonds is 9.